The van der Waals surface area contributed by atoms with E-state index in [9.17, 15) is 5.11 Å². The lowest BCUT2D eigenvalue weighted by Gasteiger charge is -2.22. The molecule has 1 unspecified atom stereocenters. The van der Waals surface area contributed by atoms with E-state index in [0.29, 0.717) is 12.1 Å². The molecule has 0 spiro atoms. The summed E-state index contributed by atoms with van der Waals surface area (Å²) in [6.45, 7) is 2.19. The van der Waals surface area contributed by atoms with Crippen LogP contribution >= 0.6 is 0 Å². The van der Waals surface area contributed by atoms with E-state index in [0.717, 1.165) is 5.69 Å². The van der Waals surface area contributed by atoms with Crippen molar-refractivity contribution in [2.24, 2.45) is 5.73 Å². The summed E-state index contributed by atoms with van der Waals surface area (Å²) in [4.78, 5) is 5.81. The zero-order chi connectivity index (χ0) is 11.4. The normalized spacial score (nSPS) is 12.2. The summed E-state index contributed by atoms with van der Waals surface area (Å²) in [6, 6.07) is 1.69. The van der Waals surface area contributed by atoms with Crippen LogP contribution in [0.4, 0.5) is 5.69 Å². The van der Waals surface area contributed by atoms with Gasteiger partial charge in [-0.1, -0.05) is 0 Å². The van der Waals surface area contributed by atoms with Crippen LogP contribution in [0.15, 0.2) is 18.5 Å². The molecule has 0 aromatic carbocycles. The molecule has 82 valence electrons. The number of hydrogen-bond donors (Lipinski definition) is 3. The second-order valence-electron chi connectivity index (χ2n) is 3.54. The highest BCUT2D eigenvalue weighted by atomic mass is 16.3. The molecule has 1 aromatic heterocycles. The van der Waals surface area contributed by atoms with Crippen LogP contribution in [-0.2, 0) is 0 Å². The minimum atomic E-state index is -0.435. The lowest BCUT2D eigenvalue weighted by molar-refractivity contribution is 0.201. The van der Waals surface area contributed by atoms with Gasteiger partial charge in [0.15, 0.2) is 0 Å². The third kappa shape index (κ3) is 2.92. The maximum atomic E-state index is 9.27. The van der Waals surface area contributed by atoms with E-state index in [1.165, 1.54) is 0 Å². The molecule has 0 fully saturated rings. The number of likely N-dealkylation sites (N-methyl/N-ethyl adjacent to an activating group) is 1. The first kappa shape index (κ1) is 11.5. The number of aromatic nitrogens is 1. The Bertz CT molecular complexity index is 351. The van der Waals surface area contributed by atoms with E-state index in [2.05, 4.69) is 4.98 Å². The van der Waals surface area contributed by atoms with Gasteiger partial charge in [-0.2, -0.15) is 0 Å². The fraction of sp³-hybridized carbons (Fsp3) is 0.400. The van der Waals surface area contributed by atoms with Crippen LogP contribution in [0, 0.1) is 5.41 Å². The molecule has 1 rings (SSSR count). The molecule has 0 saturated carbocycles. The number of nitrogen functional groups attached to an aromatic ring is 1. The van der Waals surface area contributed by atoms with Crippen molar-refractivity contribution >= 4 is 11.5 Å². The van der Waals surface area contributed by atoms with Gasteiger partial charge in [0.2, 0.25) is 0 Å². The Morgan fingerprint density at radius 3 is 2.93 bits per heavy atom. The molecule has 15 heavy (non-hydrogen) atoms. The van der Waals surface area contributed by atoms with Crippen molar-refractivity contribution in [1.29, 1.82) is 5.41 Å². The van der Waals surface area contributed by atoms with Crippen LogP contribution in [0.25, 0.3) is 0 Å². The number of rotatable bonds is 4. The number of anilines is 1. The summed E-state index contributed by atoms with van der Waals surface area (Å²) in [6.07, 6.45) is 2.80. The lowest BCUT2D eigenvalue weighted by Crippen LogP contribution is -2.29. The standard InChI is InChI=1S/C10H16N4O/c1-7(15)6-14(2)9-5-13-4-3-8(9)10(11)12/h3-5,7,15H,6H2,1-2H3,(H3,11,12). The minimum absolute atomic E-state index is 0.00448. The Balaban J connectivity index is 2.97. The molecular weight excluding hydrogens is 192 g/mol. The number of nitrogens with one attached hydrogen (secondary N) is 1. The van der Waals surface area contributed by atoms with Crippen molar-refractivity contribution in [2.75, 3.05) is 18.5 Å². The van der Waals surface area contributed by atoms with E-state index in [1.54, 1.807) is 25.4 Å². The molecule has 0 bridgehead atoms. The van der Waals surface area contributed by atoms with Crippen LogP contribution in [0.5, 0.6) is 0 Å². The topological polar surface area (TPSA) is 86.2 Å². The summed E-state index contributed by atoms with van der Waals surface area (Å²) < 4.78 is 0. The maximum absolute atomic E-state index is 9.27. The Kier molecular flexibility index (Phi) is 3.62. The van der Waals surface area contributed by atoms with Gasteiger partial charge in [0, 0.05) is 25.4 Å². The molecule has 0 aliphatic heterocycles. The number of pyridine rings is 1. The third-order valence-corrected chi connectivity index (χ3v) is 2.04. The van der Waals surface area contributed by atoms with Crippen molar-refractivity contribution in [2.45, 2.75) is 13.0 Å². The fourth-order valence-electron chi connectivity index (χ4n) is 1.41. The van der Waals surface area contributed by atoms with Crippen molar-refractivity contribution in [1.82, 2.24) is 4.98 Å². The van der Waals surface area contributed by atoms with E-state index < -0.39 is 6.10 Å². The fourth-order valence-corrected chi connectivity index (χ4v) is 1.41. The highest BCUT2D eigenvalue weighted by molar-refractivity contribution is 6.00. The van der Waals surface area contributed by atoms with E-state index in [4.69, 9.17) is 11.1 Å². The van der Waals surface area contributed by atoms with Crippen molar-refractivity contribution in [3.8, 4) is 0 Å². The van der Waals surface area contributed by atoms with Crippen LogP contribution < -0.4 is 10.6 Å². The first-order chi connectivity index (χ1) is 7.02. The third-order valence-electron chi connectivity index (χ3n) is 2.04. The molecule has 0 saturated heterocycles. The van der Waals surface area contributed by atoms with Crippen molar-refractivity contribution in [3.63, 3.8) is 0 Å². The number of amidine groups is 1. The molecule has 0 aliphatic rings. The van der Waals surface area contributed by atoms with Crippen molar-refractivity contribution in [3.05, 3.63) is 24.0 Å². The lowest BCUT2D eigenvalue weighted by atomic mass is 10.2. The number of nitrogens with two attached hydrogens (primary N) is 1. The van der Waals surface area contributed by atoms with Gasteiger partial charge in [0.25, 0.3) is 0 Å². The molecule has 0 aliphatic carbocycles. The van der Waals surface area contributed by atoms with E-state index in [-0.39, 0.29) is 5.84 Å². The first-order valence-corrected chi connectivity index (χ1v) is 4.70. The summed E-state index contributed by atoms with van der Waals surface area (Å²) in [5, 5.41) is 16.7. The number of aliphatic hydroxyl groups excluding tert-OH is 1. The largest absolute Gasteiger partial charge is 0.392 e. The van der Waals surface area contributed by atoms with Gasteiger partial charge in [-0.05, 0) is 13.0 Å². The Morgan fingerprint density at radius 2 is 2.40 bits per heavy atom. The monoisotopic (exact) mass is 208 g/mol. The number of aliphatic hydroxyl groups is 1. The molecule has 4 N–H and O–H groups in total. The van der Waals surface area contributed by atoms with Gasteiger partial charge in [0.1, 0.15) is 5.84 Å². The SMILES string of the molecule is CC(O)CN(C)c1cnccc1C(=N)N. The second kappa shape index (κ2) is 4.75. The quantitative estimate of drug-likeness (QED) is 0.486. The molecular formula is C10H16N4O. The van der Waals surface area contributed by atoms with Crippen LogP contribution in [0.2, 0.25) is 0 Å². The second-order valence-corrected chi connectivity index (χ2v) is 3.54. The highest BCUT2D eigenvalue weighted by Gasteiger charge is 2.10. The van der Waals surface area contributed by atoms with Gasteiger partial charge in [-0.25, -0.2) is 0 Å². The zero-order valence-corrected chi connectivity index (χ0v) is 8.94. The van der Waals surface area contributed by atoms with Gasteiger partial charge in [0.05, 0.1) is 18.0 Å². The predicted molar refractivity (Wildman–Crippen MR) is 60.2 cm³/mol. The van der Waals surface area contributed by atoms with Crippen molar-refractivity contribution < 1.29 is 5.11 Å². The van der Waals surface area contributed by atoms with Gasteiger partial charge in [-0.15, -0.1) is 0 Å². The molecule has 1 aromatic rings. The highest BCUT2D eigenvalue weighted by Crippen LogP contribution is 2.17. The maximum Gasteiger partial charge on any atom is 0.125 e. The predicted octanol–water partition coefficient (Wildman–Crippen LogP) is 0.183. The molecule has 1 atom stereocenters. The summed E-state index contributed by atoms with van der Waals surface area (Å²) in [5.74, 6) is 0.00448. The molecule has 5 nitrogen and oxygen atoms in total. The van der Waals surface area contributed by atoms with Gasteiger partial charge < -0.3 is 15.7 Å². The van der Waals surface area contributed by atoms with Crippen LogP contribution in [-0.4, -0.2) is 35.6 Å². The van der Waals surface area contributed by atoms with E-state index in [1.807, 2.05) is 11.9 Å². The molecule has 0 amide bonds. The summed E-state index contributed by atoms with van der Waals surface area (Å²) >= 11 is 0. The molecule has 1 heterocycles. The van der Waals surface area contributed by atoms with Crippen LogP contribution in [0.3, 0.4) is 0 Å². The van der Waals surface area contributed by atoms with Gasteiger partial charge in [-0.3, -0.25) is 10.4 Å². The average Bonchev–Trinajstić information content (AvgIpc) is 2.16. The minimum Gasteiger partial charge on any atom is -0.392 e. The Morgan fingerprint density at radius 1 is 1.73 bits per heavy atom. The average molecular weight is 208 g/mol. The first-order valence-electron chi connectivity index (χ1n) is 4.70. The number of hydrogen-bond acceptors (Lipinski definition) is 4. The molecule has 5 heteroatoms. The zero-order valence-electron chi connectivity index (χ0n) is 8.94. The van der Waals surface area contributed by atoms with Gasteiger partial charge >= 0.3 is 0 Å². The summed E-state index contributed by atoms with van der Waals surface area (Å²) in [7, 11) is 1.83. The Labute approximate surface area is 89.1 Å². The smallest absolute Gasteiger partial charge is 0.125 e. The number of nitrogens with zero attached hydrogens (tertiary/aromatic N) is 2. The Hall–Kier alpha value is -1.62. The van der Waals surface area contributed by atoms with E-state index >= 15 is 0 Å². The van der Waals surface area contributed by atoms with Crippen LogP contribution in [0.1, 0.15) is 12.5 Å². The summed E-state index contributed by atoms with van der Waals surface area (Å²) in [5.41, 5.74) is 6.84. The molecule has 0 radical (unpaired) electrons.